The minimum Gasteiger partial charge on any atom is -0.493 e. The lowest BCUT2D eigenvalue weighted by molar-refractivity contribution is -0.146. The minimum absolute atomic E-state index is 0. The van der Waals surface area contributed by atoms with E-state index in [-0.39, 0.29) is 18.3 Å². The molecule has 0 atom stereocenters. The van der Waals surface area contributed by atoms with Gasteiger partial charge in [-0.05, 0) is 50.9 Å². The van der Waals surface area contributed by atoms with Crippen molar-refractivity contribution in [1.82, 2.24) is 10.6 Å². The molecule has 1 fully saturated rings. The highest BCUT2D eigenvalue weighted by Crippen LogP contribution is 2.24. The van der Waals surface area contributed by atoms with Gasteiger partial charge < -0.3 is 20.1 Å². The Hall–Kier alpha value is -1.30. The highest BCUT2D eigenvalue weighted by molar-refractivity contribution is 5.85. The first kappa shape index (κ1) is 22.7. The van der Waals surface area contributed by atoms with E-state index in [0.29, 0.717) is 26.0 Å². The number of nitrogens with one attached hydrogen (secondary N) is 2. The van der Waals surface area contributed by atoms with Crippen LogP contribution in [-0.4, -0.2) is 38.3 Å². The van der Waals surface area contributed by atoms with Gasteiger partial charge >= 0.3 is 0 Å². The molecule has 1 heterocycles. The standard InChI is InChI=1S/C20H32N2O3.ClH/c1-4-5-6-13-25-18-14-16(2)7-8-17(18)15-22-19(23)20(24-3)9-11-21-12-10-20;/h7-8,14,21H,4-6,9-13,15H2,1-3H3,(H,22,23);1H. The molecular formula is C20H33ClN2O3. The number of ether oxygens (including phenoxy) is 2. The number of carbonyl (C=O) groups excluding carboxylic acids is 1. The molecule has 1 aromatic carbocycles. The largest absolute Gasteiger partial charge is 0.493 e. The molecule has 1 aromatic rings. The van der Waals surface area contributed by atoms with Crippen LogP contribution >= 0.6 is 12.4 Å². The fourth-order valence-corrected chi connectivity index (χ4v) is 3.17. The Balaban J connectivity index is 0.00000338. The lowest BCUT2D eigenvalue weighted by Crippen LogP contribution is -2.53. The summed E-state index contributed by atoms with van der Waals surface area (Å²) in [6.45, 7) is 7.01. The molecule has 148 valence electrons. The summed E-state index contributed by atoms with van der Waals surface area (Å²) in [5.74, 6) is 0.835. The van der Waals surface area contributed by atoms with Crippen LogP contribution in [0, 0.1) is 6.92 Å². The van der Waals surface area contributed by atoms with Gasteiger partial charge in [-0.15, -0.1) is 12.4 Å². The number of hydrogen-bond donors (Lipinski definition) is 2. The third kappa shape index (κ3) is 6.15. The van der Waals surface area contributed by atoms with Crippen molar-refractivity contribution in [3.05, 3.63) is 29.3 Å². The highest BCUT2D eigenvalue weighted by Gasteiger charge is 2.39. The molecule has 1 saturated heterocycles. The molecule has 0 bridgehead atoms. The van der Waals surface area contributed by atoms with Crippen molar-refractivity contribution in [3.63, 3.8) is 0 Å². The van der Waals surface area contributed by atoms with Crippen LogP contribution in [0.2, 0.25) is 0 Å². The lowest BCUT2D eigenvalue weighted by atomic mass is 9.91. The summed E-state index contributed by atoms with van der Waals surface area (Å²) in [7, 11) is 1.62. The molecular weight excluding hydrogens is 352 g/mol. The van der Waals surface area contributed by atoms with Crippen molar-refractivity contribution in [2.24, 2.45) is 0 Å². The average molecular weight is 385 g/mol. The smallest absolute Gasteiger partial charge is 0.252 e. The van der Waals surface area contributed by atoms with Crippen LogP contribution in [0.5, 0.6) is 5.75 Å². The first-order valence-electron chi connectivity index (χ1n) is 9.38. The molecule has 1 aliphatic heterocycles. The number of halogens is 1. The molecule has 6 heteroatoms. The molecule has 0 aromatic heterocycles. The number of carbonyl (C=O) groups is 1. The normalized spacial score (nSPS) is 15.8. The summed E-state index contributed by atoms with van der Waals surface area (Å²) in [4.78, 5) is 12.7. The Morgan fingerprint density at radius 3 is 2.65 bits per heavy atom. The van der Waals surface area contributed by atoms with Crippen LogP contribution in [0.15, 0.2) is 18.2 Å². The molecule has 1 amide bonds. The molecule has 0 spiro atoms. The zero-order chi connectivity index (χ0) is 18.1. The predicted molar refractivity (Wildman–Crippen MR) is 107 cm³/mol. The van der Waals surface area contributed by atoms with Gasteiger partial charge in [0.05, 0.1) is 6.61 Å². The van der Waals surface area contributed by atoms with Crippen molar-refractivity contribution >= 4 is 18.3 Å². The van der Waals surface area contributed by atoms with Gasteiger partial charge in [-0.1, -0.05) is 31.9 Å². The number of rotatable bonds is 9. The first-order chi connectivity index (χ1) is 12.1. The van der Waals surface area contributed by atoms with Crippen molar-refractivity contribution in [3.8, 4) is 5.75 Å². The second-order valence-corrected chi connectivity index (χ2v) is 6.80. The third-order valence-electron chi connectivity index (χ3n) is 4.88. The second-order valence-electron chi connectivity index (χ2n) is 6.80. The lowest BCUT2D eigenvalue weighted by Gasteiger charge is -2.34. The first-order valence-corrected chi connectivity index (χ1v) is 9.38. The summed E-state index contributed by atoms with van der Waals surface area (Å²) in [5.41, 5.74) is 1.46. The van der Waals surface area contributed by atoms with Crippen molar-refractivity contribution in [2.45, 2.75) is 58.1 Å². The van der Waals surface area contributed by atoms with Gasteiger partial charge in [-0.3, -0.25) is 4.79 Å². The number of hydrogen-bond acceptors (Lipinski definition) is 4. The van der Waals surface area contributed by atoms with E-state index in [4.69, 9.17) is 9.47 Å². The molecule has 1 aliphatic rings. The Morgan fingerprint density at radius 1 is 1.27 bits per heavy atom. The van der Waals surface area contributed by atoms with Crippen LogP contribution in [0.25, 0.3) is 0 Å². The maximum atomic E-state index is 12.7. The Kier molecular flexibility index (Phi) is 9.99. The van der Waals surface area contributed by atoms with Crippen LogP contribution in [0.4, 0.5) is 0 Å². The van der Waals surface area contributed by atoms with E-state index in [1.165, 1.54) is 12.8 Å². The summed E-state index contributed by atoms with van der Waals surface area (Å²) < 4.78 is 11.5. The fraction of sp³-hybridized carbons (Fsp3) is 0.650. The van der Waals surface area contributed by atoms with Gasteiger partial charge in [-0.25, -0.2) is 0 Å². The van der Waals surface area contributed by atoms with Crippen LogP contribution in [-0.2, 0) is 16.1 Å². The van der Waals surface area contributed by atoms with Gasteiger partial charge in [0.2, 0.25) is 0 Å². The summed E-state index contributed by atoms with van der Waals surface area (Å²) in [5, 5.41) is 6.32. The average Bonchev–Trinajstić information content (AvgIpc) is 2.64. The molecule has 2 N–H and O–H groups in total. The summed E-state index contributed by atoms with van der Waals surface area (Å²) in [6.07, 6.45) is 4.79. The number of benzene rings is 1. The molecule has 26 heavy (non-hydrogen) atoms. The van der Waals surface area contributed by atoms with Crippen LogP contribution < -0.4 is 15.4 Å². The minimum atomic E-state index is -0.710. The Bertz CT molecular complexity index is 560. The maximum absolute atomic E-state index is 12.7. The van der Waals surface area contributed by atoms with Crippen molar-refractivity contribution in [1.29, 1.82) is 0 Å². The van der Waals surface area contributed by atoms with Crippen LogP contribution in [0.1, 0.15) is 50.2 Å². The molecule has 0 saturated carbocycles. The fourth-order valence-electron chi connectivity index (χ4n) is 3.17. The van der Waals surface area contributed by atoms with E-state index in [9.17, 15) is 4.79 Å². The quantitative estimate of drug-likeness (QED) is 0.641. The third-order valence-corrected chi connectivity index (χ3v) is 4.88. The van der Waals surface area contributed by atoms with Gasteiger partial charge in [0, 0.05) is 19.2 Å². The van der Waals surface area contributed by atoms with E-state index in [0.717, 1.165) is 36.4 Å². The second kappa shape index (κ2) is 11.4. The zero-order valence-corrected chi connectivity index (χ0v) is 17.0. The molecule has 2 rings (SSSR count). The molecule has 0 radical (unpaired) electrons. The van der Waals surface area contributed by atoms with Gasteiger partial charge in [0.25, 0.3) is 5.91 Å². The van der Waals surface area contributed by atoms with Gasteiger partial charge in [0.15, 0.2) is 0 Å². The van der Waals surface area contributed by atoms with Crippen molar-refractivity contribution in [2.75, 3.05) is 26.8 Å². The van der Waals surface area contributed by atoms with E-state index in [1.54, 1.807) is 7.11 Å². The van der Waals surface area contributed by atoms with E-state index in [1.807, 2.05) is 12.1 Å². The highest BCUT2D eigenvalue weighted by atomic mass is 35.5. The predicted octanol–water partition coefficient (Wildman–Crippen LogP) is 3.37. The summed E-state index contributed by atoms with van der Waals surface area (Å²) in [6, 6.07) is 6.13. The summed E-state index contributed by atoms with van der Waals surface area (Å²) >= 11 is 0. The van der Waals surface area contributed by atoms with Gasteiger partial charge in [0.1, 0.15) is 11.4 Å². The maximum Gasteiger partial charge on any atom is 0.252 e. The molecule has 0 aliphatic carbocycles. The van der Waals surface area contributed by atoms with E-state index < -0.39 is 5.60 Å². The number of aryl methyl sites for hydroxylation is 1. The van der Waals surface area contributed by atoms with E-state index >= 15 is 0 Å². The number of piperidine rings is 1. The Labute approximate surface area is 163 Å². The van der Waals surface area contributed by atoms with Crippen molar-refractivity contribution < 1.29 is 14.3 Å². The van der Waals surface area contributed by atoms with E-state index in [2.05, 4.69) is 30.5 Å². The van der Waals surface area contributed by atoms with Gasteiger partial charge in [-0.2, -0.15) is 0 Å². The Morgan fingerprint density at radius 2 is 2.00 bits per heavy atom. The zero-order valence-electron chi connectivity index (χ0n) is 16.2. The molecule has 5 nitrogen and oxygen atoms in total. The number of amides is 1. The van der Waals surface area contributed by atoms with Crippen LogP contribution in [0.3, 0.4) is 0 Å². The molecule has 0 unspecified atom stereocenters. The topological polar surface area (TPSA) is 59.6 Å². The number of methoxy groups -OCH3 is 1. The SMILES string of the molecule is CCCCCOc1cc(C)ccc1CNC(=O)C1(OC)CCNCC1.Cl. The monoisotopic (exact) mass is 384 g/mol. The number of unbranched alkanes of at least 4 members (excludes halogenated alkanes) is 2.